The molecule has 0 spiro atoms. The van der Waals surface area contributed by atoms with Crippen molar-refractivity contribution in [2.24, 2.45) is 0 Å². The number of benzene rings is 2. The summed E-state index contributed by atoms with van der Waals surface area (Å²) in [6, 6.07) is 13.3. The molecule has 0 unspecified atom stereocenters. The summed E-state index contributed by atoms with van der Waals surface area (Å²) in [5.74, 6) is 2.12. The lowest BCUT2D eigenvalue weighted by Crippen LogP contribution is -1.96. The molecule has 0 aromatic heterocycles. The van der Waals surface area contributed by atoms with Crippen LogP contribution in [-0.2, 0) is 9.84 Å². The minimum atomic E-state index is -3.62. The van der Waals surface area contributed by atoms with Crippen LogP contribution in [0.3, 0.4) is 0 Å². The van der Waals surface area contributed by atoms with E-state index in [-0.39, 0.29) is 10.7 Å². The molecule has 0 saturated heterocycles. The van der Waals surface area contributed by atoms with E-state index in [1.807, 2.05) is 0 Å². The quantitative estimate of drug-likeness (QED) is 0.739. The molecule has 18 heavy (non-hydrogen) atoms. The molecule has 90 valence electrons. The fourth-order valence-electron chi connectivity index (χ4n) is 1.32. The molecule has 2 rings (SSSR count). The summed E-state index contributed by atoms with van der Waals surface area (Å²) in [6.07, 6.45) is 0. The minimum absolute atomic E-state index is 0.152. The molecule has 0 heterocycles. The molecule has 0 fully saturated rings. The molecule has 0 aliphatic heterocycles. The Bertz CT molecular complexity index is 693. The van der Waals surface area contributed by atoms with Crippen molar-refractivity contribution in [2.45, 2.75) is 4.90 Å². The van der Waals surface area contributed by atoms with E-state index in [1.54, 1.807) is 18.2 Å². The summed E-state index contributed by atoms with van der Waals surface area (Å²) in [6.45, 7) is 0. The molecule has 2 aromatic rings. The van der Waals surface area contributed by atoms with Crippen molar-refractivity contribution in [2.75, 3.05) is 0 Å². The monoisotopic (exact) mass is 260 g/mol. The van der Waals surface area contributed by atoms with E-state index in [4.69, 9.17) is 0 Å². The van der Waals surface area contributed by atoms with E-state index in [0.29, 0.717) is 5.56 Å². The Hall–Kier alpha value is -2.12. The second-order valence-corrected chi connectivity index (χ2v) is 5.23. The normalized spacial score (nSPS) is 10.5. The zero-order valence-corrected chi connectivity index (χ0v) is 10.1. The fourth-order valence-corrected chi connectivity index (χ4v) is 2.20. The van der Waals surface area contributed by atoms with Crippen molar-refractivity contribution in [1.82, 2.24) is 0 Å². The van der Waals surface area contributed by atoms with Crippen LogP contribution in [-0.4, -0.2) is 8.42 Å². The standard InChI is InChI=1S/C14H9FO2S/c15-13-8-6-12(7-9-13)10-11-18(16,17)14-4-2-1-3-5-14/h1-9H. The van der Waals surface area contributed by atoms with Gasteiger partial charge in [0.25, 0.3) is 0 Å². The van der Waals surface area contributed by atoms with Gasteiger partial charge in [-0.1, -0.05) is 18.2 Å². The van der Waals surface area contributed by atoms with E-state index in [0.717, 1.165) is 0 Å². The van der Waals surface area contributed by atoms with Crippen molar-refractivity contribution < 1.29 is 12.8 Å². The second-order valence-electron chi connectivity index (χ2n) is 3.55. The summed E-state index contributed by atoms with van der Waals surface area (Å²) >= 11 is 0. The Morgan fingerprint density at radius 1 is 0.889 bits per heavy atom. The van der Waals surface area contributed by atoms with E-state index in [1.165, 1.54) is 36.4 Å². The first kappa shape index (κ1) is 12.3. The van der Waals surface area contributed by atoms with Gasteiger partial charge < -0.3 is 0 Å². The van der Waals surface area contributed by atoms with E-state index < -0.39 is 9.84 Å². The van der Waals surface area contributed by atoms with Gasteiger partial charge in [-0.15, -0.1) is 0 Å². The van der Waals surface area contributed by atoms with Crippen LogP contribution >= 0.6 is 0 Å². The van der Waals surface area contributed by atoms with Crippen LogP contribution in [0.1, 0.15) is 5.56 Å². The second kappa shape index (κ2) is 5.03. The first-order valence-electron chi connectivity index (χ1n) is 5.16. The van der Waals surface area contributed by atoms with Gasteiger partial charge in [-0.25, -0.2) is 12.8 Å². The molecular formula is C14H9FO2S. The average Bonchev–Trinajstić information content (AvgIpc) is 2.39. The van der Waals surface area contributed by atoms with Crippen LogP contribution < -0.4 is 0 Å². The Kier molecular flexibility index (Phi) is 3.45. The summed E-state index contributed by atoms with van der Waals surface area (Å²) in [5.41, 5.74) is 0.455. The van der Waals surface area contributed by atoms with Gasteiger partial charge in [-0.2, -0.15) is 0 Å². The maximum absolute atomic E-state index is 12.7. The zero-order chi connectivity index (χ0) is 13.0. The smallest absolute Gasteiger partial charge is 0.210 e. The Balaban J connectivity index is 2.33. The molecule has 0 aliphatic carbocycles. The largest absolute Gasteiger partial charge is 0.245 e. The SMILES string of the molecule is O=S(=O)(C#Cc1ccc(F)cc1)c1ccccc1. The highest BCUT2D eigenvalue weighted by Crippen LogP contribution is 2.09. The number of hydrogen-bond acceptors (Lipinski definition) is 2. The molecule has 2 aromatic carbocycles. The summed E-state index contributed by atoms with van der Waals surface area (Å²) in [5, 5.41) is 2.21. The van der Waals surface area contributed by atoms with E-state index in [2.05, 4.69) is 11.2 Å². The zero-order valence-electron chi connectivity index (χ0n) is 9.30. The first-order chi connectivity index (χ1) is 8.58. The van der Waals surface area contributed by atoms with Crippen molar-refractivity contribution in [1.29, 1.82) is 0 Å². The van der Waals surface area contributed by atoms with Gasteiger partial charge in [0.1, 0.15) is 5.82 Å². The molecule has 4 heteroatoms. The molecule has 0 bridgehead atoms. The lowest BCUT2D eigenvalue weighted by atomic mass is 10.2. The Morgan fingerprint density at radius 3 is 2.11 bits per heavy atom. The topological polar surface area (TPSA) is 34.1 Å². The lowest BCUT2D eigenvalue weighted by molar-refractivity contribution is 0.606. The number of rotatable bonds is 1. The molecule has 0 radical (unpaired) electrons. The Morgan fingerprint density at radius 2 is 1.50 bits per heavy atom. The first-order valence-corrected chi connectivity index (χ1v) is 6.65. The predicted molar refractivity (Wildman–Crippen MR) is 66.9 cm³/mol. The lowest BCUT2D eigenvalue weighted by Gasteiger charge is -1.94. The molecule has 0 aliphatic rings. The highest BCUT2D eigenvalue weighted by Gasteiger charge is 2.08. The van der Waals surface area contributed by atoms with Gasteiger partial charge in [0.15, 0.2) is 0 Å². The van der Waals surface area contributed by atoms with E-state index in [9.17, 15) is 12.8 Å². The van der Waals surface area contributed by atoms with Crippen LogP contribution in [0.5, 0.6) is 0 Å². The summed E-state index contributed by atoms with van der Waals surface area (Å²) in [7, 11) is -3.62. The molecule has 0 atom stereocenters. The van der Waals surface area contributed by atoms with Crippen LogP contribution in [0.2, 0.25) is 0 Å². The van der Waals surface area contributed by atoms with Crippen LogP contribution in [0.25, 0.3) is 0 Å². The molecule has 0 amide bonds. The third kappa shape index (κ3) is 2.96. The van der Waals surface area contributed by atoms with Crippen molar-refractivity contribution >= 4 is 9.84 Å². The van der Waals surface area contributed by atoms with Crippen LogP contribution in [0, 0.1) is 17.0 Å². The third-order valence-electron chi connectivity index (χ3n) is 2.23. The molecule has 0 saturated carbocycles. The fraction of sp³-hybridized carbons (Fsp3) is 0. The van der Waals surface area contributed by atoms with Gasteiger partial charge in [0.05, 0.1) is 4.90 Å². The van der Waals surface area contributed by atoms with Crippen LogP contribution in [0.15, 0.2) is 59.5 Å². The van der Waals surface area contributed by atoms with E-state index >= 15 is 0 Å². The molecule has 0 N–H and O–H groups in total. The van der Waals surface area contributed by atoms with Crippen molar-refractivity contribution in [3.05, 3.63) is 66.0 Å². The van der Waals surface area contributed by atoms with Gasteiger partial charge in [0.2, 0.25) is 9.84 Å². The van der Waals surface area contributed by atoms with Gasteiger partial charge in [-0.3, -0.25) is 0 Å². The average molecular weight is 260 g/mol. The number of hydrogen-bond donors (Lipinski definition) is 0. The number of sulfone groups is 1. The molecule has 2 nitrogen and oxygen atoms in total. The van der Waals surface area contributed by atoms with Gasteiger partial charge in [-0.05, 0) is 42.3 Å². The highest BCUT2D eigenvalue weighted by atomic mass is 32.2. The van der Waals surface area contributed by atoms with Crippen molar-refractivity contribution in [3.63, 3.8) is 0 Å². The third-order valence-corrected chi connectivity index (χ3v) is 3.49. The van der Waals surface area contributed by atoms with Crippen LogP contribution in [0.4, 0.5) is 4.39 Å². The van der Waals surface area contributed by atoms with Crippen molar-refractivity contribution in [3.8, 4) is 11.2 Å². The minimum Gasteiger partial charge on any atom is -0.210 e. The Labute approximate surface area is 105 Å². The van der Waals surface area contributed by atoms with Gasteiger partial charge >= 0.3 is 0 Å². The van der Waals surface area contributed by atoms with Gasteiger partial charge in [0, 0.05) is 10.8 Å². The molecular weight excluding hydrogens is 251 g/mol. The highest BCUT2D eigenvalue weighted by molar-refractivity contribution is 7.96. The summed E-state index contributed by atoms with van der Waals surface area (Å²) < 4.78 is 36.3. The number of halogens is 1. The predicted octanol–water partition coefficient (Wildman–Crippen LogP) is 2.61. The summed E-state index contributed by atoms with van der Waals surface area (Å²) in [4.78, 5) is 0.152. The maximum atomic E-state index is 12.7. The maximum Gasteiger partial charge on any atom is 0.245 e.